The molecule has 92 valence electrons. The predicted octanol–water partition coefficient (Wildman–Crippen LogP) is 0.193. The van der Waals surface area contributed by atoms with Gasteiger partial charge in [-0.05, 0) is 19.8 Å². The molecule has 0 saturated carbocycles. The Balaban J connectivity index is 1.98. The molecular weight excluding hydrogens is 220 g/mol. The average molecular weight is 236 g/mol. The van der Waals surface area contributed by atoms with Gasteiger partial charge in [0.25, 0.3) is 5.56 Å². The Labute approximate surface area is 99.0 Å². The highest BCUT2D eigenvalue weighted by Crippen LogP contribution is 2.11. The van der Waals surface area contributed by atoms with Gasteiger partial charge < -0.3 is 10.2 Å². The molecule has 1 unspecified atom stereocenters. The Morgan fingerprint density at radius 2 is 2.24 bits per heavy atom. The summed E-state index contributed by atoms with van der Waals surface area (Å²) in [6.07, 6.45) is 3.64. The molecule has 0 bridgehead atoms. The summed E-state index contributed by atoms with van der Waals surface area (Å²) in [5.74, 6) is 0.0720. The molecular formula is C11H16N4O2. The van der Waals surface area contributed by atoms with Gasteiger partial charge in [0.1, 0.15) is 6.04 Å². The first-order valence-corrected chi connectivity index (χ1v) is 5.77. The maximum atomic E-state index is 12.0. The summed E-state index contributed by atoms with van der Waals surface area (Å²) in [7, 11) is 0. The van der Waals surface area contributed by atoms with E-state index in [-0.39, 0.29) is 17.5 Å². The number of aromatic nitrogens is 2. The second kappa shape index (κ2) is 4.99. The van der Waals surface area contributed by atoms with Crippen LogP contribution in [0.1, 0.15) is 19.8 Å². The Morgan fingerprint density at radius 1 is 1.53 bits per heavy atom. The molecule has 1 aromatic heterocycles. The van der Waals surface area contributed by atoms with E-state index in [0.717, 1.165) is 25.9 Å². The maximum absolute atomic E-state index is 12.0. The van der Waals surface area contributed by atoms with Crippen molar-refractivity contribution in [2.45, 2.75) is 25.8 Å². The van der Waals surface area contributed by atoms with Crippen molar-refractivity contribution in [3.63, 3.8) is 0 Å². The zero-order valence-electron chi connectivity index (χ0n) is 9.77. The van der Waals surface area contributed by atoms with E-state index in [2.05, 4.69) is 15.5 Å². The molecule has 6 heteroatoms. The minimum atomic E-state index is -0.336. The standard InChI is InChI=1S/C11H16N4O2/c1-8(11(17)15-4-2-3-5-15)13-9-6-10(16)14-12-7-9/h6-8H,2-5H2,1H3,(H2,13,14,16). The molecule has 1 atom stereocenters. The van der Waals surface area contributed by atoms with Gasteiger partial charge in [0.2, 0.25) is 5.91 Å². The van der Waals surface area contributed by atoms with E-state index in [0.29, 0.717) is 5.69 Å². The van der Waals surface area contributed by atoms with Crippen LogP contribution in [-0.2, 0) is 4.79 Å². The lowest BCUT2D eigenvalue weighted by Crippen LogP contribution is -2.39. The van der Waals surface area contributed by atoms with E-state index < -0.39 is 0 Å². The number of anilines is 1. The number of amides is 1. The Bertz CT molecular complexity index is 451. The van der Waals surface area contributed by atoms with Gasteiger partial charge in [-0.2, -0.15) is 5.10 Å². The molecule has 2 heterocycles. The lowest BCUT2D eigenvalue weighted by molar-refractivity contribution is -0.130. The molecule has 0 aromatic carbocycles. The number of nitrogens with zero attached hydrogens (tertiary/aromatic N) is 2. The highest BCUT2D eigenvalue weighted by molar-refractivity contribution is 5.84. The number of carbonyl (C=O) groups excluding carboxylic acids is 1. The number of aromatic amines is 1. The van der Waals surface area contributed by atoms with Gasteiger partial charge in [0.05, 0.1) is 11.9 Å². The van der Waals surface area contributed by atoms with Crippen LogP contribution in [0.5, 0.6) is 0 Å². The average Bonchev–Trinajstić information content (AvgIpc) is 2.81. The third-order valence-electron chi connectivity index (χ3n) is 2.84. The number of nitrogens with one attached hydrogen (secondary N) is 2. The number of H-pyrrole nitrogens is 1. The Morgan fingerprint density at radius 3 is 2.88 bits per heavy atom. The first kappa shape index (κ1) is 11.6. The smallest absolute Gasteiger partial charge is 0.266 e. The fourth-order valence-electron chi connectivity index (χ4n) is 1.98. The van der Waals surface area contributed by atoms with Gasteiger partial charge in [-0.15, -0.1) is 0 Å². The quantitative estimate of drug-likeness (QED) is 0.785. The summed E-state index contributed by atoms with van der Waals surface area (Å²) in [6.45, 7) is 3.46. The van der Waals surface area contributed by atoms with Gasteiger partial charge >= 0.3 is 0 Å². The second-order valence-electron chi connectivity index (χ2n) is 4.23. The molecule has 1 fully saturated rings. The van der Waals surface area contributed by atoms with Gasteiger partial charge in [-0.1, -0.05) is 0 Å². The van der Waals surface area contributed by atoms with Crippen molar-refractivity contribution in [3.05, 3.63) is 22.6 Å². The highest BCUT2D eigenvalue weighted by atomic mass is 16.2. The zero-order chi connectivity index (χ0) is 12.3. The van der Waals surface area contributed by atoms with Crippen molar-refractivity contribution in [3.8, 4) is 0 Å². The fraction of sp³-hybridized carbons (Fsp3) is 0.545. The number of likely N-dealkylation sites (tertiary alicyclic amines) is 1. The summed E-state index contributed by atoms with van der Waals surface area (Å²) in [5, 5.41) is 8.94. The monoisotopic (exact) mass is 236 g/mol. The van der Waals surface area contributed by atoms with Crippen molar-refractivity contribution in [2.75, 3.05) is 18.4 Å². The van der Waals surface area contributed by atoms with E-state index >= 15 is 0 Å². The van der Waals surface area contributed by atoms with Crippen molar-refractivity contribution in [1.29, 1.82) is 0 Å². The Hall–Kier alpha value is -1.85. The van der Waals surface area contributed by atoms with Crippen molar-refractivity contribution in [1.82, 2.24) is 15.1 Å². The minimum absolute atomic E-state index is 0.0720. The molecule has 1 aliphatic heterocycles. The SMILES string of the molecule is CC(Nc1cn[nH]c(=O)c1)C(=O)N1CCCC1. The predicted molar refractivity (Wildman–Crippen MR) is 63.8 cm³/mol. The first-order valence-electron chi connectivity index (χ1n) is 5.77. The Kier molecular flexibility index (Phi) is 3.41. The summed E-state index contributed by atoms with van der Waals surface area (Å²) in [5.41, 5.74) is 0.282. The lowest BCUT2D eigenvalue weighted by Gasteiger charge is -2.21. The fourth-order valence-corrected chi connectivity index (χ4v) is 1.98. The molecule has 2 rings (SSSR count). The molecule has 1 aromatic rings. The number of hydrogen-bond donors (Lipinski definition) is 2. The molecule has 1 aliphatic rings. The van der Waals surface area contributed by atoms with Gasteiger partial charge in [-0.25, -0.2) is 5.10 Å². The van der Waals surface area contributed by atoms with E-state index in [4.69, 9.17) is 0 Å². The second-order valence-corrected chi connectivity index (χ2v) is 4.23. The zero-order valence-corrected chi connectivity index (χ0v) is 9.77. The molecule has 1 saturated heterocycles. The van der Waals surface area contributed by atoms with Crippen LogP contribution in [0.25, 0.3) is 0 Å². The molecule has 0 spiro atoms. The summed E-state index contributed by atoms with van der Waals surface area (Å²) in [6, 6.07) is 1.05. The van der Waals surface area contributed by atoms with Gasteiger partial charge in [0.15, 0.2) is 0 Å². The summed E-state index contributed by atoms with van der Waals surface area (Å²) >= 11 is 0. The molecule has 0 radical (unpaired) electrons. The topological polar surface area (TPSA) is 78.1 Å². The number of rotatable bonds is 3. The highest BCUT2D eigenvalue weighted by Gasteiger charge is 2.22. The van der Waals surface area contributed by atoms with E-state index in [1.54, 1.807) is 6.92 Å². The largest absolute Gasteiger partial charge is 0.372 e. The van der Waals surface area contributed by atoms with Crippen LogP contribution in [0.2, 0.25) is 0 Å². The molecule has 2 N–H and O–H groups in total. The van der Waals surface area contributed by atoms with Crippen molar-refractivity contribution in [2.24, 2.45) is 0 Å². The first-order chi connectivity index (χ1) is 8.16. The molecule has 0 aliphatic carbocycles. The van der Waals surface area contributed by atoms with Crippen LogP contribution in [0.3, 0.4) is 0 Å². The van der Waals surface area contributed by atoms with Gasteiger partial charge in [-0.3, -0.25) is 9.59 Å². The van der Waals surface area contributed by atoms with Crippen LogP contribution in [-0.4, -0.2) is 40.1 Å². The maximum Gasteiger partial charge on any atom is 0.266 e. The van der Waals surface area contributed by atoms with E-state index in [1.165, 1.54) is 12.3 Å². The summed E-state index contributed by atoms with van der Waals surface area (Å²) < 4.78 is 0. The van der Waals surface area contributed by atoms with E-state index in [9.17, 15) is 9.59 Å². The van der Waals surface area contributed by atoms with Crippen molar-refractivity contribution < 1.29 is 4.79 Å². The van der Waals surface area contributed by atoms with Crippen LogP contribution < -0.4 is 10.9 Å². The number of hydrogen-bond acceptors (Lipinski definition) is 4. The van der Waals surface area contributed by atoms with Crippen molar-refractivity contribution >= 4 is 11.6 Å². The lowest BCUT2D eigenvalue weighted by atomic mass is 10.2. The molecule has 17 heavy (non-hydrogen) atoms. The normalized spacial score (nSPS) is 16.9. The van der Waals surface area contributed by atoms with E-state index in [1.807, 2.05) is 4.90 Å². The summed E-state index contributed by atoms with van der Waals surface area (Å²) in [4.78, 5) is 24.9. The molecule has 1 amide bonds. The van der Waals surface area contributed by atoms with Crippen LogP contribution in [0.15, 0.2) is 17.1 Å². The third-order valence-corrected chi connectivity index (χ3v) is 2.84. The van der Waals surface area contributed by atoms with Crippen LogP contribution >= 0.6 is 0 Å². The van der Waals surface area contributed by atoms with Crippen LogP contribution in [0.4, 0.5) is 5.69 Å². The van der Waals surface area contributed by atoms with Gasteiger partial charge in [0, 0.05) is 19.2 Å². The molecule has 6 nitrogen and oxygen atoms in total. The van der Waals surface area contributed by atoms with Crippen LogP contribution in [0, 0.1) is 0 Å². The third kappa shape index (κ3) is 2.83. The number of carbonyl (C=O) groups is 1. The minimum Gasteiger partial charge on any atom is -0.372 e.